The lowest BCUT2D eigenvalue weighted by atomic mass is 9.97. The van der Waals surface area contributed by atoms with Crippen molar-refractivity contribution < 1.29 is 23.5 Å². The second-order valence-corrected chi connectivity index (χ2v) is 5.96. The molecular formula is C20H19FN2O4. The number of nitrogens with zero attached hydrogens (tertiary/aromatic N) is 1. The zero-order chi connectivity index (χ0) is 19.4. The molecule has 1 aliphatic heterocycles. The smallest absolute Gasteiger partial charge is 0.326 e. The maximum Gasteiger partial charge on any atom is 0.326 e. The van der Waals surface area contributed by atoms with Crippen LogP contribution in [0.25, 0.3) is 0 Å². The highest BCUT2D eigenvalue weighted by Crippen LogP contribution is 2.32. The zero-order valence-corrected chi connectivity index (χ0v) is 14.9. The van der Waals surface area contributed by atoms with Crippen LogP contribution in [0.15, 0.2) is 54.7 Å². The molecule has 7 heteroatoms. The molecule has 1 aliphatic rings. The Morgan fingerprint density at radius 2 is 1.81 bits per heavy atom. The van der Waals surface area contributed by atoms with Crippen molar-refractivity contribution in [1.82, 2.24) is 4.90 Å². The number of anilines is 1. The number of rotatable bonds is 4. The molecule has 6 nitrogen and oxygen atoms in total. The Morgan fingerprint density at radius 3 is 2.48 bits per heavy atom. The molecule has 0 fully saturated rings. The molecule has 0 saturated heterocycles. The highest BCUT2D eigenvalue weighted by Gasteiger charge is 2.29. The summed E-state index contributed by atoms with van der Waals surface area (Å²) in [5, 5.41) is 2.78. The summed E-state index contributed by atoms with van der Waals surface area (Å²) in [6.45, 7) is 0. The van der Waals surface area contributed by atoms with Crippen LogP contribution >= 0.6 is 0 Å². The first kappa shape index (κ1) is 18.4. The number of hydrogen-bond donors (Lipinski definition) is 1. The molecule has 1 atom stereocenters. The van der Waals surface area contributed by atoms with Gasteiger partial charge in [-0.15, -0.1) is 0 Å². The van der Waals surface area contributed by atoms with Crippen LogP contribution in [-0.2, 0) is 4.79 Å². The number of ether oxygens (including phenoxy) is 2. The molecule has 1 heterocycles. The Hall–Kier alpha value is -3.35. The van der Waals surface area contributed by atoms with E-state index in [4.69, 9.17) is 9.47 Å². The molecule has 1 N–H and O–H groups in total. The second-order valence-electron chi connectivity index (χ2n) is 5.96. The summed E-state index contributed by atoms with van der Waals surface area (Å²) in [4.78, 5) is 26.1. The van der Waals surface area contributed by atoms with E-state index in [1.165, 1.54) is 43.5 Å². The van der Waals surface area contributed by atoms with Gasteiger partial charge in [-0.3, -0.25) is 9.69 Å². The molecule has 0 bridgehead atoms. The minimum atomic E-state index is -0.511. The van der Waals surface area contributed by atoms with Gasteiger partial charge in [0.15, 0.2) is 17.3 Å². The van der Waals surface area contributed by atoms with Gasteiger partial charge in [0.2, 0.25) is 0 Å². The number of amides is 2. The number of nitrogens with one attached hydrogen (secondary N) is 1. The van der Waals surface area contributed by atoms with Gasteiger partial charge in [-0.1, -0.05) is 12.1 Å². The van der Waals surface area contributed by atoms with Gasteiger partial charge in [-0.05, 0) is 35.9 Å². The first-order valence-corrected chi connectivity index (χ1v) is 8.29. The lowest BCUT2D eigenvalue weighted by Gasteiger charge is -2.31. The lowest BCUT2D eigenvalue weighted by molar-refractivity contribution is -0.116. The van der Waals surface area contributed by atoms with E-state index in [0.717, 1.165) is 0 Å². The summed E-state index contributed by atoms with van der Waals surface area (Å²) in [6, 6.07) is 9.84. The number of halogens is 1. The molecule has 0 saturated carbocycles. The van der Waals surface area contributed by atoms with Crippen molar-refractivity contribution in [3.8, 4) is 11.5 Å². The van der Waals surface area contributed by atoms with Crippen LogP contribution in [0.5, 0.6) is 11.5 Å². The van der Waals surface area contributed by atoms with Gasteiger partial charge in [0, 0.05) is 24.4 Å². The summed E-state index contributed by atoms with van der Waals surface area (Å²) < 4.78 is 23.6. The molecule has 1 unspecified atom stereocenters. The Morgan fingerprint density at radius 1 is 1.11 bits per heavy atom. The molecular weight excluding hydrogens is 351 g/mol. The number of benzene rings is 2. The van der Waals surface area contributed by atoms with Crippen LogP contribution in [0.4, 0.5) is 14.9 Å². The van der Waals surface area contributed by atoms with E-state index in [1.54, 1.807) is 30.3 Å². The molecule has 140 valence electrons. The third-order valence-corrected chi connectivity index (χ3v) is 4.28. The normalized spacial score (nSPS) is 16.2. The van der Waals surface area contributed by atoms with Crippen LogP contribution in [0.3, 0.4) is 0 Å². The molecule has 0 aliphatic carbocycles. The Bertz CT molecular complexity index is 880. The minimum Gasteiger partial charge on any atom is -0.493 e. The van der Waals surface area contributed by atoms with Crippen molar-refractivity contribution in [3.05, 3.63) is 66.1 Å². The summed E-state index contributed by atoms with van der Waals surface area (Å²) in [6.07, 6.45) is 2.92. The lowest BCUT2D eigenvalue weighted by Crippen LogP contribution is -2.37. The van der Waals surface area contributed by atoms with Gasteiger partial charge in [-0.25, -0.2) is 9.18 Å². The number of methoxy groups -OCH3 is 2. The van der Waals surface area contributed by atoms with Crippen molar-refractivity contribution in [2.75, 3.05) is 19.5 Å². The van der Waals surface area contributed by atoms with E-state index in [2.05, 4.69) is 5.32 Å². The van der Waals surface area contributed by atoms with Gasteiger partial charge < -0.3 is 14.8 Å². The maximum atomic E-state index is 13.2. The fourth-order valence-electron chi connectivity index (χ4n) is 2.90. The van der Waals surface area contributed by atoms with Crippen molar-refractivity contribution in [2.45, 2.75) is 12.5 Å². The summed E-state index contributed by atoms with van der Waals surface area (Å²) in [5.41, 5.74) is 1.19. The fourth-order valence-corrected chi connectivity index (χ4v) is 2.90. The van der Waals surface area contributed by atoms with Gasteiger partial charge >= 0.3 is 6.03 Å². The van der Waals surface area contributed by atoms with E-state index in [1.807, 2.05) is 0 Å². The number of ketones is 1. The standard InChI is InChI=1S/C20H19FN2O4/c1-26-18-8-7-15(11-19(18)27-2)22-20(25)23-10-9-16(24)12-17(23)13-3-5-14(21)6-4-13/h3-11,17H,12H2,1-2H3,(H,22,25). The van der Waals surface area contributed by atoms with Crippen molar-refractivity contribution in [3.63, 3.8) is 0 Å². The third-order valence-electron chi connectivity index (χ3n) is 4.28. The van der Waals surface area contributed by atoms with Crippen molar-refractivity contribution in [1.29, 1.82) is 0 Å². The zero-order valence-electron chi connectivity index (χ0n) is 14.9. The summed E-state index contributed by atoms with van der Waals surface area (Å²) in [5.74, 6) is 0.551. The Kier molecular flexibility index (Phi) is 5.40. The SMILES string of the molecule is COc1ccc(NC(=O)N2C=CC(=O)CC2c2ccc(F)cc2)cc1OC. The second kappa shape index (κ2) is 7.90. The first-order valence-electron chi connectivity index (χ1n) is 8.29. The van der Waals surface area contributed by atoms with E-state index in [-0.39, 0.29) is 18.0 Å². The average molecular weight is 370 g/mol. The molecule has 0 radical (unpaired) electrons. The van der Waals surface area contributed by atoms with E-state index >= 15 is 0 Å². The molecule has 0 aromatic heterocycles. The number of allylic oxidation sites excluding steroid dienone is 1. The van der Waals surface area contributed by atoms with E-state index in [0.29, 0.717) is 22.7 Å². The molecule has 27 heavy (non-hydrogen) atoms. The van der Waals surface area contributed by atoms with Crippen LogP contribution in [0.2, 0.25) is 0 Å². The third kappa shape index (κ3) is 4.08. The Balaban J connectivity index is 1.84. The number of hydrogen-bond acceptors (Lipinski definition) is 4. The first-order chi connectivity index (χ1) is 13.0. The van der Waals surface area contributed by atoms with Crippen LogP contribution in [0, 0.1) is 5.82 Å². The van der Waals surface area contributed by atoms with Crippen molar-refractivity contribution >= 4 is 17.5 Å². The number of urea groups is 1. The van der Waals surface area contributed by atoms with Crippen LogP contribution in [-0.4, -0.2) is 30.9 Å². The molecule has 2 amide bonds. The molecule has 2 aromatic carbocycles. The van der Waals surface area contributed by atoms with Crippen LogP contribution < -0.4 is 14.8 Å². The Labute approximate surface area is 156 Å². The minimum absolute atomic E-state index is 0.0977. The molecule has 0 spiro atoms. The molecule has 3 rings (SSSR count). The summed E-state index contributed by atoms with van der Waals surface area (Å²) >= 11 is 0. The predicted molar refractivity (Wildman–Crippen MR) is 98.3 cm³/mol. The monoisotopic (exact) mass is 370 g/mol. The van der Waals surface area contributed by atoms with E-state index < -0.39 is 12.1 Å². The number of carbonyl (C=O) groups excluding carboxylic acids is 2. The topological polar surface area (TPSA) is 67.9 Å². The van der Waals surface area contributed by atoms with Gasteiger partial charge in [0.05, 0.1) is 20.3 Å². The quantitative estimate of drug-likeness (QED) is 0.886. The van der Waals surface area contributed by atoms with Crippen molar-refractivity contribution in [2.24, 2.45) is 0 Å². The maximum absolute atomic E-state index is 13.2. The van der Waals surface area contributed by atoms with E-state index in [9.17, 15) is 14.0 Å². The average Bonchev–Trinajstić information content (AvgIpc) is 2.68. The fraction of sp³-hybridized carbons (Fsp3) is 0.200. The molecule has 2 aromatic rings. The highest BCUT2D eigenvalue weighted by molar-refractivity contribution is 5.96. The van der Waals surface area contributed by atoms with Crippen LogP contribution in [0.1, 0.15) is 18.0 Å². The largest absolute Gasteiger partial charge is 0.493 e. The van der Waals surface area contributed by atoms with Gasteiger partial charge in [0.25, 0.3) is 0 Å². The van der Waals surface area contributed by atoms with Gasteiger partial charge in [0.1, 0.15) is 5.82 Å². The highest BCUT2D eigenvalue weighted by atomic mass is 19.1. The predicted octanol–water partition coefficient (Wildman–Crippen LogP) is 3.90. The number of carbonyl (C=O) groups is 2. The van der Waals surface area contributed by atoms with Gasteiger partial charge in [-0.2, -0.15) is 0 Å². The summed E-state index contributed by atoms with van der Waals surface area (Å²) in [7, 11) is 3.03.